The van der Waals surface area contributed by atoms with Gasteiger partial charge in [-0.25, -0.2) is 0 Å². The van der Waals surface area contributed by atoms with Crippen LogP contribution in [0.4, 0.5) is 0 Å². The van der Waals surface area contributed by atoms with E-state index in [9.17, 15) is 5.11 Å². The van der Waals surface area contributed by atoms with Crippen molar-refractivity contribution in [3.05, 3.63) is 42.5 Å². The van der Waals surface area contributed by atoms with Crippen molar-refractivity contribution in [2.75, 3.05) is 0 Å². The lowest BCUT2D eigenvalue weighted by Crippen LogP contribution is -2.16. The molecule has 0 heterocycles. The third kappa shape index (κ3) is 4.86. The van der Waals surface area contributed by atoms with Crippen LogP contribution in [0, 0.1) is 0 Å². The summed E-state index contributed by atoms with van der Waals surface area (Å²) in [6.45, 7) is 4.19. The van der Waals surface area contributed by atoms with Gasteiger partial charge in [0.15, 0.2) is 0 Å². The van der Waals surface area contributed by atoms with Crippen molar-refractivity contribution < 1.29 is 5.11 Å². The highest BCUT2D eigenvalue weighted by molar-refractivity contribution is 8.00. The molecule has 1 nitrogen and oxygen atoms in total. The first kappa shape index (κ1) is 13.3. The number of benzene rings is 1. The Morgan fingerprint density at radius 3 is 2.62 bits per heavy atom. The standard InChI is InChI=1S/C14H20OS/c1-3-4-6-11-14(15)12(2)16-13-9-7-5-8-10-13/h5-12,14-15H,3-4H2,1-2H3/b11-6+/t12-,14-/m1/s1. The van der Waals surface area contributed by atoms with Crippen LogP contribution in [0.3, 0.4) is 0 Å². The second-order valence-electron chi connectivity index (χ2n) is 3.84. The van der Waals surface area contributed by atoms with Crippen LogP contribution in [0.25, 0.3) is 0 Å². The molecular weight excluding hydrogens is 216 g/mol. The second-order valence-corrected chi connectivity index (χ2v) is 5.29. The van der Waals surface area contributed by atoms with E-state index >= 15 is 0 Å². The lowest BCUT2D eigenvalue weighted by Gasteiger charge is -2.15. The minimum absolute atomic E-state index is 0.190. The van der Waals surface area contributed by atoms with Gasteiger partial charge in [-0.2, -0.15) is 0 Å². The lowest BCUT2D eigenvalue weighted by molar-refractivity contribution is 0.224. The number of hydrogen-bond acceptors (Lipinski definition) is 2. The predicted molar refractivity (Wildman–Crippen MR) is 71.8 cm³/mol. The van der Waals surface area contributed by atoms with Gasteiger partial charge in [0.2, 0.25) is 0 Å². The normalized spacial score (nSPS) is 15.2. The quantitative estimate of drug-likeness (QED) is 0.597. The Morgan fingerprint density at radius 2 is 2.00 bits per heavy atom. The molecule has 0 saturated carbocycles. The first-order valence-corrected chi connectivity index (χ1v) is 6.68. The summed E-state index contributed by atoms with van der Waals surface area (Å²) in [5.74, 6) is 0. The van der Waals surface area contributed by atoms with E-state index in [-0.39, 0.29) is 11.4 Å². The molecule has 2 heteroatoms. The molecule has 0 bridgehead atoms. The van der Waals surface area contributed by atoms with Crippen molar-refractivity contribution in [1.82, 2.24) is 0 Å². The maximum Gasteiger partial charge on any atom is 0.0840 e. The maximum atomic E-state index is 9.90. The van der Waals surface area contributed by atoms with Gasteiger partial charge in [0.1, 0.15) is 0 Å². The molecule has 2 atom stereocenters. The molecule has 0 spiro atoms. The smallest absolute Gasteiger partial charge is 0.0840 e. The highest BCUT2D eigenvalue weighted by atomic mass is 32.2. The van der Waals surface area contributed by atoms with Crippen LogP contribution in [0.1, 0.15) is 26.7 Å². The molecule has 0 unspecified atom stereocenters. The Labute approximate surface area is 103 Å². The van der Waals surface area contributed by atoms with Crippen LogP contribution >= 0.6 is 11.8 Å². The Balaban J connectivity index is 2.42. The Hall–Kier alpha value is -0.730. The van der Waals surface area contributed by atoms with E-state index in [0.29, 0.717) is 0 Å². The van der Waals surface area contributed by atoms with Crippen LogP contribution in [-0.2, 0) is 0 Å². The number of hydrogen-bond donors (Lipinski definition) is 1. The predicted octanol–water partition coefficient (Wildman–Crippen LogP) is 3.88. The van der Waals surface area contributed by atoms with E-state index in [1.165, 1.54) is 4.90 Å². The molecule has 0 radical (unpaired) electrons. The zero-order valence-corrected chi connectivity index (χ0v) is 10.8. The Kier molecular flexibility index (Phi) is 6.27. The Bertz CT molecular complexity index is 308. The average molecular weight is 236 g/mol. The molecule has 16 heavy (non-hydrogen) atoms. The maximum absolute atomic E-state index is 9.90. The number of thioether (sulfide) groups is 1. The van der Waals surface area contributed by atoms with Gasteiger partial charge in [-0.3, -0.25) is 0 Å². The lowest BCUT2D eigenvalue weighted by atomic mass is 10.2. The molecule has 0 aromatic heterocycles. The Morgan fingerprint density at radius 1 is 1.31 bits per heavy atom. The molecule has 0 fully saturated rings. The van der Waals surface area contributed by atoms with Crippen molar-refractivity contribution in [2.45, 2.75) is 42.9 Å². The van der Waals surface area contributed by atoms with Crippen molar-refractivity contribution in [3.8, 4) is 0 Å². The summed E-state index contributed by atoms with van der Waals surface area (Å²) >= 11 is 1.71. The van der Waals surface area contributed by atoms with Gasteiger partial charge in [0.05, 0.1) is 6.10 Å². The summed E-state index contributed by atoms with van der Waals surface area (Å²) < 4.78 is 0. The fraction of sp³-hybridized carbons (Fsp3) is 0.429. The van der Waals surface area contributed by atoms with E-state index < -0.39 is 0 Å². The fourth-order valence-electron chi connectivity index (χ4n) is 1.34. The first-order chi connectivity index (χ1) is 7.74. The molecular formula is C14H20OS. The topological polar surface area (TPSA) is 20.2 Å². The molecule has 0 amide bonds. The van der Waals surface area contributed by atoms with Gasteiger partial charge in [0, 0.05) is 10.1 Å². The number of aliphatic hydroxyl groups is 1. The fourth-order valence-corrected chi connectivity index (χ4v) is 2.32. The van der Waals surface area contributed by atoms with E-state index in [1.807, 2.05) is 24.3 Å². The van der Waals surface area contributed by atoms with Gasteiger partial charge in [-0.15, -0.1) is 11.8 Å². The van der Waals surface area contributed by atoms with Crippen molar-refractivity contribution >= 4 is 11.8 Å². The van der Waals surface area contributed by atoms with Crippen LogP contribution < -0.4 is 0 Å². The largest absolute Gasteiger partial charge is 0.388 e. The summed E-state index contributed by atoms with van der Waals surface area (Å²) in [5, 5.41) is 10.1. The minimum atomic E-state index is -0.364. The summed E-state index contributed by atoms with van der Waals surface area (Å²) in [4.78, 5) is 1.21. The number of rotatable bonds is 6. The van der Waals surface area contributed by atoms with Gasteiger partial charge < -0.3 is 5.11 Å². The number of unbranched alkanes of at least 4 members (excludes halogenated alkanes) is 1. The summed E-state index contributed by atoms with van der Waals surface area (Å²) in [7, 11) is 0. The van der Waals surface area contributed by atoms with Crippen molar-refractivity contribution in [1.29, 1.82) is 0 Å². The number of aliphatic hydroxyl groups excluding tert-OH is 1. The van der Waals surface area contributed by atoms with Crippen LogP contribution in [0.2, 0.25) is 0 Å². The van der Waals surface area contributed by atoms with Crippen LogP contribution in [0.5, 0.6) is 0 Å². The molecule has 0 aliphatic rings. The molecule has 1 rings (SSSR count). The van der Waals surface area contributed by atoms with Gasteiger partial charge >= 0.3 is 0 Å². The molecule has 1 aromatic carbocycles. The van der Waals surface area contributed by atoms with E-state index in [0.717, 1.165) is 12.8 Å². The van der Waals surface area contributed by atoms with E-state index in [2.05, 4.69) is 32.1 Å². The van der Waals surface area contributed by atoms with E-state index in [1.54, 1.807) is 11.8 Å². The minimum Gasteiger partial charge on any atom is -0.388 e. The highest BCUT2D eigenvalue weighted by Gasteiger charge is 2.11. The molecule has 0 aliphatic carbocycles. The van der Waals surface area contributed by atoms with Crippen molar-refractivity contribution in [3.63, 3.8) is 0 Å². The average Bonchev–Trinajstić information content (AvgIpc) is 2.30. The molecule has 1 aromatic rings. The number of allylic oxidation sites excluding steroid dienone is 1. The van der Waals surface area contributed by atoms with Gasteiger partial charge in [0.25, 0.3) is 0 Å². The monoisotopic (exact) mass is 236 g/mol. The SMILES string of the molecule is CCC/C=C/[C@@H](O)[C@@H](C)Sc1ccccc1. The molecule has 1 N–H and O–H groups in total. The molecule has 0 saturated heterocycles. The van der Waals surface area contributed by atoms with E-state index in [4.69, 9.17) is 0 Å². The molecule has 0 aliphatic heterocycles. The summed E-state index contributed by atoms with van der Waals surface area (Å²) in [5.41, 5.74) is 0. The zero-order chi connectivity index (χ0) is 11.8. The van der Waals surface area contributed by atoms with Gasteiger partial charge in [-0.1, -0.05) is 50.6 Å². The van der Waals surface area contributed by atoms with Crippen LogP contribution in [0.15, 0.2) is 47.4 Å². The van der Waals surface area contributed by atoms with Gasteiger partial charge in [-0.05, 0) is 18.6 Å². The molecule has 88 valence electrons. The highest BCUT2D eigenvalue weighted by Crippen LogP contribution is 2.25. The van der Waals surface area contributed by atoms with Crippen LogP contribution in [-0.4, -0.2) is 16.5 Å². The summed E-state index contributed by atoms with van der Waals surface area (Å²) in [6.07, 6.45) is 5.77. The van der Waals surface area contributed by atoms with Crippen molar-refractivity contribution in [2.24, 2.45) is 0 Å². The summed E-state index contributed by atoms with van der Waals surface area (Å²) in [6, 6.07) is 10.2. The zero-order valence-electron chi connectivity index (χ0n) is 9.97. The third-order valence-corrected chi connectivity index (χ3v) is 3.53. The first-order valence-electron chi connectivity index (χ1n) is 5.80. The third-order valence-electron chi connectivity index (χ3n) is 2.33. The second kappa shape index (κ2) is 7.53.